The summed E-state index contributed by atoms with van der Waals surface area (Å²) < 4.78 is 34.0. The maximum atomic E-state index is 13.2. The van der Waals surface area contributed by atoms with Crippen LogP contribution in [0.1, 0.15) is 206 Å². The van der Waals surface area contributed by atoms with Gasteiger partial charge in [0.2, 0.25) is 5.91 Å². The highest BCUT2D eigenvalue weighted by Gasteiger charge is 2.53. The molecule has 0 aromatic rings. The number of amides is 1. The summed E-state index contributed by atoms with van der Waals surface area (Å²) in [5, 5.41) is 119. The molecule has 17 atom stereocenters. The molecule has 83 heavy (non-hydrogen) atoms. The molecule has 1 amide bonds. The van der Waals surface area contributed by atoms with E-state index in [0.29, 0.717) is 19.3 Å². The minimum atomic E-state index is -1.97. The lowest BCUT2D eigenvalue weighted by Gasteiger charge is -2.48. The van der Waals surface area contributed by atoms with Crippen LogP contribution in [0.15, 0.2) is 60.8 Å². The van der Waals surface area contributed by atoms with Crippen LogP contribution >= 0.6 is 0 Å². The van der Waals surface area contributed by atoms with Crippen molar-refractivity contribution in [2.75, 3.05) is 26.4 Å². The smallest absolute Gasteiger partial charge is 0.220 e. The Morgan fingerprint density at radius 3 is 1.28 bits per heavy atom. The van der Waals surface area contributed by atoms with Crippen LogP contribution in [0.25, 0.3) is 0 Å². The molecule has 3 heterocycles. The molecule has 12 N–H and O–H groups in total. The van der Waals surface area contributed by atoms with Crippen LogP contribution in [0.2, 0.25) is 0 Å². The van der Waals surface area contributed by atoms with Gasteiger partial charge < -0.3 is 89.9 Å². The highest BCUT2D eigenvalue weighted by Crippen LogP contribution is 2.33. The van der Waals surface area contributed by atoms with Crippen molar-refractivity contribution in [3.63, 3.8) is 0 Å². The third kappa shape index (κ3) is 29.8. The SMILES string of the molecule is CC/C=C\C/C=C\C/C=C\C/C=C\C/C=C\CCCCCCCCCCCCCCCCCCCCCC(=O)NC(COC1OC(CO)C(OC2OC(CO)C(OC3OC(CO)C(O)C(O)C3O)C(O)C2O)C(O)C1O)C(O)CCCCC. The normalized spacial score (nSPS) is 29.8. The minimum absolute atomic E-state index is 0.255. The lowest BCUT2D eigenvalue weighted by atomic mass is 9.96. The number of aliphatic hydroxyl groups is 11. The van der Waals surface area contributed by atoms with E-state index in [0.717, 1.165) is 64.2 Å². The molecule has 0 aromatic heterocycles. The first-order chi connectivity index (χ1) is 40.3. The average Bonchev–Trinajstić information content (AvgIpc) is 3.28. The van der Waals surface area contributed by atoms with Gasteiger partial charge in [-0.2, -0.15) is 0 Å². The fraction of sp³-hybridized carbons (Fsp3) is 0.828. The molecular formula is C64H113NO18. The van der Waals surface area contributed by atoms with Crippen molar-refractivity contribution in [1.82, 2.24) is 5.32 Å². The van der Waals surface area contributed by atoms with Crippen molar-refractivity contribution in [2.24, 2.45) is 0 Å². The number of rotatable bonds is 47. The number of hydrogen-bond donors (Lipinski definition) is 12. The molecule has 0 aliphatic carbocycles. The topological polar surface area (TPSA) is 307 Å². The van der Waals surface area contributed by atoms with E-state index in [-0.39, 0.29) is 18.9 Å². The summed E-state index contributed by atoms with van der Waals surface area (Å²) in [6.07, 6.45) is 29.0. The first kappa shape index (κ1) is 74.7. The maximum Gasteiger partial charge on any atom is 0.220 e. The van der Waals surface area contributed by atoms with E-state index in [1.54, 1.807) is 0 Å². The predicted octanol–water partition coefficient (Wildman–Crippen LogP) is 6.82. The van der Waals surface area contributed by atoms with Gasteiger partial charge in [-0.15, -0.1) is 0 Å². The van der Waals surface area contributed by atoms with Gasteiger partial charge in [0.15, 0.2) is 18.9 Å². The van der Waals surface area contributed by atoms with Crippen LogP contribution in [-0.4, -0.2) is 193 Å². The molecule has 0 aromatic carbocycles. The van der Waals surface area contributed by atoms with E-state index < -0.39 is 124 Å². The number of hydrogen-bond acceptors (Lipinski definition) is 18. The quantitative estimate of drug-likeness (QED) is 0.0220. The molecule has 3 saturated heterocycles. The van der Waals surface area contributed by atoms with E-state index in [4.69, 9.17) is 28.4 Å². The zero-order valence-electron chi connectivity index (χ0n) is 50.4. The van der Waals surface area contributed by atoms with Gasteiger partial charge in [-0.05, 0) is 57.8 Å². The number of unbranched alkanes of at least 4 members (excludes halogenated alkanes) is 21. The van der Waals surface area contributed by atoms with Gasteiger partial charge in [0.1, 0.15) is 73.2 Å². The van der Waals surface area contributed by atoms with Crippen molar-refractivity contribution >= 4 is 5.91 Å². The van der Waals surface area contributed by atoms with Gasteiger partial charge in [-0.3, -0.25) is 4.79 Å². The molecule has 19 heteroatoms. The molecule has 19 nitrogen and oxygen atoms in total. The Kier molecular flexibility index (Phi) is 42.0. The van der Waals surface area contributed by atoms with Gasteiger partial charge in [-0.25, -0.2) is 0 Å². The summed E-state index contributed by atoms with van der Waals surface area (Å²) >= 11 is 0. The Morgan fingerprint density at radius 2 is 0.831 bits per heavy atom. The molecule has 3 aliphatic rings. The van der Waals surface area contributed by atoms with Crippen molar-refractivity contribution in [2.45, 2.75) is 311 Å². The second-order valence-electron chi connectivity index (χ2n) is 22.8. The highest BCUT2D eigenvalue weighted by atomic mass is 16.8. The summed E-state index contributed by atoms with van der Waals surface area (Å²) in [5.74, 6) is -0.255. The van der Waals surface area contributed by atoms with E-state index in [1.807, 2.05) is 6.92 Å². The van der Waals surface area contributed by atoms with Gasteiger partial charge in [0.05, 0.1) is 38.6 Å². The summed E-state index contributed by atoms with van der Waals surface area (Å²) in [4.78, 5) is 13.2. The van der Waals surface area contributed by atoms with Crippen molar-refractivity contribution in [1.29, 1.82) is 0 Å². The molecule has 0 spiro atoms. The third-order valence-electron chi connectivity index (χ3n) is 15.9. The number of ether oxygens (including phenoxy) is 6. The minimum Gasteiger partial charge on any atom is -0.394 e. The summed E-state index contributed by atoms with van der Waals surface area (Å²) in [7, 11) is 0. The number of carbonyl (C=O) groups excluding carboxylic acids is 1. The zero-order chi connectivity index (χ0) is 60.5. The van der Waals surface area contributed by atoms with Crippen molar-refractivity contribution in [3.8, 4) is 0 Å². The Balaban J connectivity index is 1.23. The van der Waals surface area contributed by atoms with E-state index >= 15 is 0 Å². The average molecular weight is 1180 g/mol. The largest absolute Gasteiger partial charge is 0.394 e. The monoisotopic (exact) mass is 1180 g/mol. The number of nitrogens with one attached hydrogen (secondary N) is 1. The molecule has 0 radical (unpaired) electrons. The number of allylic oxidation sites excluding steroid dienone is 10. The Morgan fingerprint density at radius 1 is 0.446 bits per heavy atom. The zero-order valence-corrected chi connectivity index (χ0v) is 50.4. The first-order valence-electron chi connectivity index (χ1n) is 32.0. The fourth-order valence-electron chi connectivity index (χ4n) is 10.6. The molecule has 17 unspecified atom stereocenters. The molecule has 3 rings (SSSR count). The molecule has 0 saturated carbocycles. The van der Waals surface area contributed by atoms with Crippen LogP contribution in [0.4, 0.5) is 0 Å². The highest BCUT2D eigenvalue weighted by molar-refractivity contribution is 5.76. The summed E-state index contributed by atoms with van der Waals surface area (Å²) in [6, 6.07) is -0.882. The Bertz CT molecular complexity index is 1750. The van der Waals surface area contributed by atoms with Crippen LogP contribution in [-0.2, 0) is 33.2 Å². The van der Waals surface area contributed by atoms with E-state index in [1.165, 1.54) is 103 Å². The van der Waals surface area contributed by atoms with E-state index in [9.17, 15) is 61.0 Å². The Hall–Kier alpha value is -2.51. The third-order valence-corrected chi connectivity index (χ3v) is 15.9. The van der Waals surface area contributed by atoms with Gasteiger partial charge >= 0.3 is 0 Å². The Labute approximate surface area is 496 Å². The molecule has 482 valence electrons. The van der Waals surface area contributed by atoms with Crippen LogP contribution in [0.3, 0.4) is 0 Å². The molecular weight excluding hydrogens is 1070 g/mol. The van der Waals surface area contributed by atoms with Crippen LogP contribution < -0.4 is 5.32 Å². The standard InChI is InChI=1S/C64H113NO18/c1-3-5-7-8-9-10-11-12-13-14-15-16-17-18-19-20-21-22-23-24-25-26-27-28-29-30-31-32-33-34-35-36-37-38-40-42-52(70)65-47(48(69)41-39-6-4-2)46-78-62-58(76)55(73)60(50(44-67)80-62)83-64-59(77)56(74)61(51(45-68)81-64)82-63-57(75)54(72)53(71)49(43-66)79-63/h5,7,9-10,12-13,15-16,18-19,47-51,53-64,66-69,71-77H,3-4,6,8,11,14,17,20-46H2,1-2H3,(H,65,70)/b7-5-,10-9-,13-12-,16-15-,19-18-. The van der Waals surface area contributed by atoms with E-state index in [2.05, 4.69) is 73.0 Å². The second kappa shape index (κ2) is 46.6. The molecule has 3 fully saturated rings. The summed E-state index contributed by atoms with van der Waals surface area (Å²) in [5.41, 5.74) is 0. The maximum absolute atomic E-state index is 13.2. The van der Waals surface area contributed by atoms with Crippen LogP contribution in [0, 0.1) is 0 Å². The molecule has 0 bridgehead atoms. The lowest BCUT2D eigenvalue weighted by molar-refractivity contribution is -0.379. The van der Waals surface area contributed by atoms with Crippen molar-refractivity contribution < 1.29 is 89.4 Å². The van der Waals surface area contributed by atoms with Crippen LogP contribution in [0.5, 0.6) is 0 Å². The van der Waals surface area contributed by atoms with Gasteiger partial charge in [0, 0.05) is 6.42 Å². The lowest BCUT2D eigenvalue weighted by Crippen LogP contribution is -2.66. The molecule has 3 aliphatic heterocycles. The fourth-order valence-corrected chi connectivity index (χ4v) is 10.6. The predicted molar refractivity (Wildman–Crippen MR) is 318 cm³/mol. The first-order valence-corrected chi connectivity index (χ1v) is 32.0. The number of carbonyl (C=O) groups is 1. The second-order valence-corrected chi connectivity index (χ2v) is 22.8. The van der Waals surface area contributed by atoms with Crippen molar-refractivity contribution in [3.05, 3.63) is 60.8 Å². The summed E-state index contributed by atoms with van der Waals surface area (Å²) in [6.45, 7) is 1.48. The number of aliphatic hydroxyl groups excluding tert-OH is 11. The van der Waals surface area contributed by atoms with Gasteiger partial charge in [-0.1, -0.05) is 203 Å². The van der Waals surface area contributed by atoms with Gasteiger partial charge in [0.25, 0.3) is 0 Å².